The number of hydrogen-bond acceptors (Lipinski definition) is 0. The maximum absolute atomic E-state index is 2.34. The molecule has 0 aromatic carbocycles. The molecule has 0 N–H and O–H groups in total. The van der Waals surface area contributed by atoms with E-state index in [4.69, 9.17) is 0 Å². The molecule has 1 unspecified atom stereocenters. The number of halogens is 1. The molecule has 0 heterocycles. The molecule has 24 valence electrons. The highest BCUT2D eigenvalue weighted by atomic mass is 127. The summed E-state index contributed by atoms with van der Waals surface area (Å²) in [5, 5.41) is 0. The van der Waals surface area contributed by atoms with E-state index in [-0.39, 0.29) is 0 Å². The number of hydrogen-bond donors (Lipinski definition) is 0. The molecule has 0 aromatic rings. The minimum atomic E-state index is 0.803. The lowest BCUT2D eigenvalue weighted by Crippen LogP contribution is -1.80. The van der Waals surface area contributed by atoms with Gasteiger partial charge < -0.3 is 0 Å². The van der Waals surface area contributed by atoms with Gasteiger partial charge in [0.25, 0.3) is 0 Å². The summed E-state index contributed by atoms with van der Waals surface area (Å²) < 4.78 is 0.803. The highest BCUT2D eigenvalue weighted by molar-refractivity contribution is 14.1. The summed E-state index contributed by atoms with van der Waals surface area (Å²) in [6.07, 6.45) is 0. The average Bonchev–Trinajstić information content (AvgIpc) is 0.811. The fourth-order valence-corrected chi connectivity index (χ4v) is 0. The van der Waals surface area contributed by atoms with Crippen molar-refractivity contribution in [2.24, 2.45) is 0 Å². The zero-order valence-electron chi connectivity index (χ0n) is 2.96. The molecule has 0 amide bonds. The van der Waals surface area contributed by atoms with Gasteiger partial charge in [0.05, 0.1) is 0 Å². The Labute approximate surface area is 41.5 Å². The molecule has 0 nitrogen and oxygen atoms in total. The van der Waals surface area contributed by atoms with Gasteiger partial charge in [-0.2, -0.15) is 0 Å². The van der Waals surface area contributed by atoms with Crippen LogP contribution in [0.15, 0.2) is 0 Å². The standard InChI is InChI=1S/C2H6BI/c1-2(3)4/h2H,3H2,1H3. The molecule has 4 heavy (non-hydrogen) atoms. The highest BCUT2D eigenvalue weighted by Gasteiger charge is 1.72. The van der Waals surface area contributed by atoms with Crippen molar-refractivity contribution in [2.75, 3.05) is 0 Å². The summed E-state index contributed by atoms with van der Waals surface area (Å²) >= 11 is 2.34. The van der Waals surface area contributed by atoms with E-state index in [1.54, 1.807) is 0 Å². The first-order valence-corrected chi connectivity index (χ1v) is 2.62. The Morgan fingerprint density at radius 2 is 2.00 bits per heavy atom. The van der Waals surface area contributed by atoms with Crippen LogP contribution in [-0.4, -0.2) is 11.7 Å². The van der Waals surface area contributed by atoms with Gasteiger partial charge in [-0.15, -0.1) is 0 Å². The lowest BCUT2D eigenvalue weighted by Gasteiger charge is -1.75. The van der Waals surface area contributed by atoms with E-state index in [1.165, 1.54) is 0 Å². The van der Waals surface area contributed by atoms with Gasteiger partial charge in [-0.05, 0) is 3.82 Å². The van der Waals surface area contributed by atoms with E-state index < -0.39 is 0 Å². The normalized spacial score (nSPS) is 15.5. The van der Waals surface area contributed by atoms with Crippen molar-refractivity contribution in [1.82, 2.24) is 0 Å². The second-order valence-corrected chi connectivity index (χ2v) is 3.51. The first kappa shape index (κ1) is 4.79. The monoisotopic (exact) mass is 168 g/mol. The summed E-state index contributed by atoms with van der Waals surface area (Å²) in [6, 6.07) is 0. The summed E-state index contributed by atoms with van der Waals surface area (Å²) in [5.74, 6) is 0. The smallest absolute Gasteiger partial charge is 0.0927 e. The van der Waals surface area contributed by atoms with Crippen molar-refractivity contribution in [3.63, 3.8) is 0 Å². The van der Waals surface area contributed by atoms with Gasteiger partial charge in [0.2, 0.25) is 0 Å². The van der Waals surface area contributed by atoms with Crippen molar-refractivity contribution in [2.45, 2.75) is 10.7 Å². The second kappa shape index (κ2) is 2.06. The first-order chi connectivity index (χ1) is 1.73. The third kappa shape index (κ3) is 14.2. The summed E-state index contributed by atoms with van der Waals surface area (Å²) in [4.78, 5) is 0. The number of alkyl halides is 1. The van der Waals surface area contributed by atoms with Gasteiger partial charge in [-0.3, -0.25) is 0 Å². The van der Waals surface area contributed by atoms with Crippen LogP contribution in [-0.2, 0) is 0 Å². The van der Waals surface area contributed by atoms with Crippen LogP contribution in [0.1, 0.15) is 6.92 Å². The van der Waals surface area contributed by atoms with E-state index in [1.807, 2.05) is 0 Å². The third-order valence-corrected chi connectivity index (χ3v) is 0. The minimum absolute atomic E-state index is 0.803. The molecule has 0 radical (unpaired) electrons. The zero-order chi connectivity index (χ0) is 3.58. The molecule has 2 heteroatoms. The SMILES string of the molecule is BC(C)I. The topological polar surface area (TPSA) is 0 Å². The molecule has 0 rings (SSSR count). The molecule has 0 aliphatic rings. The molecule has 0 fully saturated rings. The van der Waals surface area contributed by atoms with Crippen LogP contribution in [0.3, 0.4) is 0 Å². The largest absolute Gasteiger partial charge is 0.117 e. The average molecular weight is 168 g/mol. The summed E-state index contributed by atoms with van der Waals surface area (Å²) in [5.41, 5.74) is 0. The van der Waals surface area contributed by atoms with E-state index in [2.05, 4.69) is 37.4 Å². The Kier molecular flexibility index (Phi) is 2.47. The van der Waals surface area contributed by atoms with Crippen LogP contribution >= 0.6 is 22.6 Å². The molecule has 0 spiro atoms. The third-order valence-electron chi connectivity index (χ3n) is 0. The first-order valence-electron chi connectivity index (χ1n) is 1.37. The molecule has 0 saturated carbocycles. The van der Waals surface area contributed by atoms with E-state index in [0.29, 0.717) is 0 Å². The van der Waals surface area contributed by atoms with E-state index >= 15 is 0 Å². The molecular formula is C2H6BI. The Morgan fingerprint density at radius 1 is 2.00 bits per heavy atom. The van der Waals surface area contributed by atoms with Crippen molar-refractivity contribution in [3.8, 4) is 0 Å². The van der Waals surface area contributed by atoms with Gasteiger partial charge in [0.15, 0.2) is 0 Å². The maximum Gasteiger partial charge on any atom is 0.117 e. The van der Waals surface area contributed by atoms with Crippen molar-refractivity contribution < 1.29 is 0 Å². The molecule has 0 saturated heterocycles. The van der Waals surface area contributed by atoms with Crippen LogP contribution in [0.5, 0.6) is 0 Å². The molecule has 0 bridgehead atoms. The van der Waals surface area contributed by atoms with E-state index in [0.717, 1.165) is 3.82 Å². The van der Waals surface area contributed by atoms with Crippen molar-refractivity contribution in [3.05, 3.63) is 0 Å². The maximum atomic E-state index is 2.34. The second-order valence-electron chi connectivity index (χ2n) is 1.01. The Balaban J connectivity index is 2.32. The summed E-state index contributed by atoms with van der Waals surface area (Å²) in [6.45, 7) is 2.15. The predicted molar refractivity (Wildman–Crippen MR) is 32.0 cm³/mol. The van der Waals surface area contributed by atoms with Gasteiger partial charge in [0, 0.05) is 0 Å². The molecule has 0 aromatic heterocycles. The lowest BCUT2D eigenvalue weighted by atomic mass is 10.1. The van der Waals surface area contributed by atoms with Crippen LogP contribution in [0.4, 0.5) is 0 Å². The fourth-order valence-electron chi connectivity index (χ4n) is 0. The van der Waals surface area contributed by atoms with Gasteiger partial charge >= 0.3 is 0 Å². The van der Waals surface area contributed by atoms with Gasteiger partial charge in [0.1, 0.15) is 7.85 Å². The zero-order valence-corrected chi connectivity index (χ0v) is 5.11. The van der Waals surface area contributed by atoms with Crippen LogP contribution in [0.2, 0.25) is 0 Å². The Bertz CT molecular complexity index is 10.8. The molecule has 0 aliphatic heterocycles. The van der Waals surface area contributed by atoms with Crippen molar-refractivity contribution >= 4 is 30.4 Å². The number of rotatable bonds is 0. The Morgan fingerprint density at radius 3 is 2.00 bits per heavy atom. The van der Waals surface area contributed by atoms with Crippen LogP contribution in [0, 0.1) is 0 Å². The fraction of sp³-hybridized carbons (Fsp3) is 1.00. The van der Waals surface area contributed by atoms with Crippen LogP contribution in [0.25, 0.3) is 0 Å². The van der Waals surface area contributed by atoms with Gasteiger partial charge in [-0.25, -0.2) is 0 Å². The molecule has 1 atom stereocenters. The quantitative estimate of drug-likeness (QED) is 0.279. The van der Waals surface area contributed by atoms with Gasteiger partial charge in [-0.1, -0.05) is 29.5 Å². The highest BCUT2D eigenvalue weighted by Crippen LogP contribution is 1.86. The molecule has 0 aliphatic carbocycles. The Hall–Kier alpha value is 0.795. The molecular weight excluding hydrogens is 162 g/mol. The lowest BCUT2D eigenvalue weighted by molar-refractivity contribution is 1.46. The minimum Gasteiger partial charge on any atom is -0.0927 e. The van der Waals surface area contributed by atoms with Crippen molar-refractivity contribution in [1.29, 1.82) is 0 Å². The summed E-state index contributed by atoms with van der Waals surface area (Å²) in [7, 11) is 2.15. The van der Waals surface area contributed by atoms with E-state index in [9.17, 15) is 0 Å². The van der Waals surface area contributed by atoms with Crippen LogP contribution < -0.4 is 0 Å². The predicted octanol–water partition coefficient (Wildman–Crippen LogP) is 0.400.